The molecule has 3 aromatic carbocycles. The number of halogens is 1. The van der Waals surface area contributed by atoms with E-state index in [0.717, 1.165) is 11.1 Å². The standard InChI is InChI=1S/C35H33BrN4O5S/c1-6-39(7-2)34(42)31-21(3)38-35-40(32(31)26-18-25(43-4)13-15-28(26)44-5)33(41)30(46-35)17-22-12-14-29(27(36)16-22)45-20-24-11-9-8-10-23(24)19-37/h8-18,32H,6-7,20H2,1-5H3/b30-17+/t32-/m0/s1. The molecule has 236 valence electrons. The SMILES string of the molecule is CCN(CC)C(=O)C1=C(C)N=c2s/c(=C/c3ccc(OCc4ccccc4C#N)c(Br)c3)c(=O)n2[C@H]1c1cc(OC)ccc1OC. The van der Waals surface area contributed by atoms with Gasteiger partial charge in [-0.3, -0.25) is 14.2 Å². The molecule has 46 heavy (non-hydrogen) atoms. The fraction of sp³-hybridized carbons (Fsp3) is 0.257. The monoisotopic (exact) mass is 700 g/mol. The topological polar surface area (TPSA) is 106 Å². The average Bonchev–Trinajstić information content (AvgIpc) is 3.37. The first kappa shape index (κ1) is 32.7. The molecular weight excluding hydrogens is 668 g/mol. The number of nitrogens with zero attached hydrogens (tertiary/aromatic N) is 4. The van der Waals surface area contributed by atoms with Gasteiger partial charge in [-0.15, -0.1) is 0 Å². The number of likely N-dealkylation sites (N-methyl/N-ethyl adjacent to an activating group) is 1. The van der Waals surface area contributed by atoms with Gasteiger partial charge < -0.3 is 19.1 Å². The molecule has 11 heteroatoms. The Kier molecular flexibility index (Phi) is 10.1. The number of hydrogen-bond acceptors (Lipinski definition) is 8. The predicted molar refractivity (Wildman–Crippen MR) is 181 cm³/mol. The summed E-state index contributed by atoms with van der Waals surface area (Å²) in [5.41, 5.74) is 3.43. The minimum Gasteiger partial charge on any atom is -0.497 e. The normalized spacial score (nSPS) is 14.3. The quantitative estimate of drug-likeness (QED) is 0.221. The van der Waals surface area contributed by atoms with Crippen LogP contribution in [0.5, 0.6) is 17.2 Å². The molecule has 1 atom stereocenters. The van der Waals surface area contributed by atoms with Crippen LogP contribution in [0.15, 0.2) is 86.2 Å². The van der Waals surface area contributed by atoms with Gasteiger partial charge in [0.25, 0.3) is 11.5 Å². The maximum atomic E-state index is 14.2. The maximum absolute atomic E-state index is 14.2. The first-order chi connectivity index (χ1) is 22.2. The van der Waals surface area contributed by atoms with E-state index >= 15 is 0 Å². The number of ether oxygens (including phenoxy) is 3. The highest BCUT2D eigenvalue weighted by Crippen LogP contribution is 2.38. The zero-order chi connectivity index (χ0) is 33.0. The summed E-state index contributed by atoms with van der Waals surface area (Å²) in [7, 11) is 3.13. The van der Waals surface area contributed by atoms with Crippen molar-refractivity contribution >= 4 is 39.2 Å². The summed E-state index contributed by atoms with van der Waals surface area (Å²) in [6, 6.07) is 19.6. The fourth-order valence-electron chi connectivity index (χ4n) is 5.41. The van der Waals surface area contributed by atoms with Crippen LogP contribution in [0.1, 0.15) is 49.1 Å². The Morgan fingerprint density at radius 1 is 1.09 bits per heavy atom. The van der Waals surface area contributed by atoms with E-state index in [9.17, 15) is 14.9 Å². The van der Waals surface area contributed by atoms with Crippen LogP contribution in [0.4, 0.5) is 0 Å². The lowest BCUT2D eigenvalue weighted by Gasteiger charge is -2.30. The Balaban J connectivity index is 1.59. The highest BCUT2D eigenvalue weighted by atomic mass is 79.9. The van der Waals surface area contributed by atoms with Crippen LogP contribution in [0.2, 0.25) is 0 Å². The minimum atomic E-state index is -0.782. The van der Waals surface area contributed by atoms with Crippen LogP contribution in [0.25, 0.3) is 6.08 Å². The Hall–Kier alpha value is -4.66. The fourth-order valence-corrected chi connectivity index (χ4v) is 6.97. The zero-order valence-electron chi connectivity index (χ0n) is 26.2. The van der Waals surface area contributed by atoms with Crippen LogP contribution in [0.3, 0.4) is 0 Å². The number of fused-ring (bicyclic) bond motifs is 1. The van der Waals surface area contributed by atoms with Crippen molar-refractivity contribution < 1.29 is 19.0 Å². The third kappa shape index (κ3) is 6.36. The third-order valence-electron chi connectivity index (χ3n) is 7.81. The number of allylic oxidation sites excluding steroid dienone is 1. The molecule has 1 amide bonds. The third-order valence-corrected chi connectivity index (χ3v) is 9.41. The molecule has 5 rings (SSSR count). The van der Waals surface area contributed by atoms with E-state index in [1.54, 1.807) is 61.0 Å². The van der Waals surface area contributed by atoms with Crippen LogP contribution < -0.4 is 29.1 Å². The molecule has 0 saturated heterocycles. The lowest BCUT2D eigenvalue weighted by atomic mass is 9.93. The molecule has 0 unspecified atom stereocenters. The summed E-state index contributed by atoms with van der Waals surface area (Å²) in [5.74, 6) is 1.52. The molecule has 0 saturated carbocycles. The van der Waals surface area contributed by atoms with Crippen LogP contribution in [0, 0.1) is 11.3 Å². The Bertz CT molecular complexity index is 2060. The predicted octanol–water partition coefficient (Wildman–Crippen LogP) is 5.33. The first-order valence-electron chi connectivity index (χ1n) is 14.7. The van der Waals surface area contributed by atoms with E-state index < -0.39 is 6.04 Å². The van der Waals surface area contributed by atoms with Crippen molar-refractivity contribution in [3.05, 3.63) is 118 Å². The number of hydrogen-bond donors (Lipinski definition) is 0. The lowest BCUT2D eigenvalue weighted by molar-refractivity contribution is -0.127. The van der Waals surface area contributed by atoms with E-state index in [2.05, 4.69) is 22.0 Å². The Morgan fingerprint density at radius 2 is 1.83 bits per heavy atom. The van der Waals surface area contributed by atoms with E-state index in [1.807, 2.05) is 50.2 Å². The molecule has 0 radical (unpaired) electrons. The van der Waals surface area contributed by atoms with Crippen molar-refractivity contribution in [3.8, 4) is 23.3 Å². The first-order valence-corrected chi connectivity index (χ1v) is 16.3. The number of carbonyl (C=O) groups excluding carboxylic acids is 1. The molecule has 0 fully saturated rings. The number of benzene rings is 3. The van der Waals surface area contributed by atoms with E-state index in [4.69, 9.17) is 19.2 Å². The van der Waals surface area contributed by atoms with E-state index in [-0.39, 0.29) is 18.1 Å². The van der Waals surface area contributed by atoms with Crippen LogP contribution >= 0.6 is 27.3 Å². The summed E-state index contributed by atoms with van der Waals surface area (Å²) in [5, 5.41) is 9.38. The van der Waals surface area contributed by atoms with Crippen molar-refractivity contribution in [2.75, 3.05) is 27.3 Å². The number of thiazole rings is 1. The molecule has 0 spiro atoms. The van der Waals surface area contributed by atoms with Gasteiger partial charge in [0, 0.05) is 24.2 Å². The molecule has 0 N–H and O–H groups in total. The largest absolute Gasteiger partial charge is 0.497 e. The molecular formula is C35H33BrN4O5S. The van der Waals surface area contributed by atoms with Crippen LogP contribution in [-0.4, -0.2) is 42.7 Å². The van der Waals surface area contributed by atoms with Gasteiger partial charge in [-0.25, -0.2) is 4.99 Å². The Morgan fingerprint density at radius 3 is 2.50 bits per heavy atom. The molecule has 4 aromatic rings. The smallest absolute Gasteiger partial charge is 0.271 e. The second-order valence-corrected chi connectivity index (χ2v) is 12.3. The number of amides is 1. The van der Waals surface area contributed by atoms with Crippen molar-refractivity contribution in [2.24, 2.45) is 4.99 Å². The molecule has 1 aliphatic heterocycles. The van der Waals surface area contributed by atoms with Gasteiger partial charge in [-0.1, -0.05) is 35.6 Å². The summed E-state index contributed by atoms with van der Waals surface area (Å²) >= 11 is 4.85. The molecule has 0 aliphatic carbocycles. The summed E-state index contributed by atoms with van der Waals surface area (Å²) < 4.78 is 20.0. The van der Waals surface area contributed by atoms with Gasteiger partial charge in [0.1, 0.15) is 29.9 Å². The average molecular weight is 702 g/mol. The van der Waals surface area contributed by atoms with Gasteiger partial charge in [0.2, 0.25) is 0 Å². The number of nitriles is 1. The van der Waals surface area contributed by atoms with Crippen molar-refractivity contribution in [1.82, 2.24) is 9.47 Å². The molecule has 9 nitrogen and oxygen atoms in total. The number of rotatable bonds is 10. The van der Waals surface area contributed by atoms with Gasteiger partial charge >= 0.3 is 0 Å². The van der Waals surface area contributed by atoms with Gasteiger partial charge in [0.05, 0.1) is 46.1 Å². The number of aromatic nitrogens is 1. The van der Waals surface area contributed by atoms with Gasteiger partial charge in [-0.2, -0.15) is 5.26 Å². The number of carbonyl (C=O) groups is 1. The molecule has 2 heterocycles. The highest BCUT2D eigenvalue weighted by molar-refractivity contribution is 9.10. The maximum Gasteiger partial charge on any atom is 0.271 e. The highest BCUT2D eigenvalue weighted by Gasteiger charge is 2.36. The molecule has 1 aliphatic rings. The van der Waals surface area contributed by atoms with Gasteiger partial charge in [-0.05, 0) is 84.7 Å². The van der Waals surface area contributed by atoms with Gasteiger partial charge in [0.15, 0.2) is 4.80 Å². The van der Waals surface area contributed by atoms with E-state index in [1.165, 1.54) is 11.3 Å². The van der Waals surface area contributed by atoms with Crippen molar-refractivity contribution in [2.45, 2.75) is 33.4 Å². The van der Waals surface area contributed by atoms with Crippen LogP contribution in [-0.2, 0) is 11.4 Å². The minimum absolute atomic E-state index is 0.188. The molecule has 0 bridgehead atoms. The second kappa shape index (κ2) is 14.2. The summed E-state index contributed by atoms with van der Waals surface area (Å²) in [4.78, 5) is 35.1. The van der Waals surface area contributed by atoms with E-state index in [0.29, 0.717) is 66.5 Å². The number of methoxy groups -OCH3 is 2. The van der Waals surface area contributed by atoms with Crippen molar-refractivity contribution in [3.63, 3.8) is 0 Å². The van der Waals surface area contributed by atoms with Crippen molar-refractivity contribution in [1.29, 1.82) is 5.26 Å². The summed E-state index contributed by atoms with van der Waals surface area (Å²) in [6.07, 6.45) is 1.80. The lowest BCUT2D eigenvalue weighted by Crippen LogP contribution is -2.43. The Labute approximate surface area is 279 Å². The summed E-state index contributed by atoms with van der Waals surface area (Å²) in [6.45, 7) is 6.91. The molecule has 1 aromatic heterocycles. The second-order valence-electron chi connectivity index (χ2n) is 10.4. The zero-order valence-corrected chi connectivity index (χ0v) is 28.6.